The highest BCUT2D eigenvalue weighted by atomic mass is 16.5. The summed E-state index contributed by atoms with van der Waals surface area (Å²) in [5, 5.41) is 0. The minimum Gasteiger partial charge on any atom is -0.377 e. The standard InChI is InChI=1S/C12H26N2O2/c1-9(2)16-8-7-14(6)11(15)10(13)12(3,4)5/h9-10H,7-8,13H2,1-6H3/t10-/m0/s1. The van der Waals surface area contributed by atoms with E-state index in [2.05, 4.69) is 0 Å². The van der Waals surface area contributed by atoms with Gasteiger partial charge in [0.2, 0.25) is 5.91 Å². The van der Waals surface area contributed by atoms with Gasteiger partial charge in [-0.3, -0.25) is 4.79 Å². The predicted octanol–water partition coefficient (Wildman–Crippen LogP) is 1.24. The van der Waals surface area contributed by atoms with Crippen LogP contribution in [0.15, 0.2) is 0 Å². The lowest BCUT2D eigenvalue weighted by atomic mass is 9.86. The largest absolute Gasteiger partial charge is 0.377 e. The van der Waals surface area contributed by atoms with Crippen LogP contribution in [0.5, 0.6) is 0 Å². The van der Waals surface area contributed by atoms with E-state index in [1.54, 1.807) is 11.9 Å². The summed E-state index contributed by atoms with van der Waals surface area (Å²) in [5.41, 5.74) is 5.69. The molecule has 1 amide bonds. The number of rotatable bonds is 5. The van der Waals surface area contributed by atoms with Gasteiger partial charge in [-0.2, -0.15) is 0 Å². The summed E-state index contributed by atoms with van der Waals surface area (Å²) in [6.07, 6.45) is 0.194. The van der Waals surface area contributed by atoms with Crippen LogP contribution >= 0.6 is 0 Å². The minimum absolute atomic E-state index is 0.0279. The van der Waals surface area contributed by atoms with Crippen molar-refractivity contribution in [3.63, 3.8) is 0 Å². The first-order valence-electron chi connectivity index (χ1n) is 5.78. The molecule has 0 bridgehead atoms. The maximum atomic E-state index is 11.9. The maximum absolute atomic E-state index is 11.9. The van der Waals surface area contributed by atoms with Crippen molar-refractivity contribution < 1.29 is 9.53 Å². The fourth-order valence-corrected chi connectivity index (χ4v) is 1.14. The smallest absolute Gasteiger partial charge is 0.239 e. The molecule has 2 N–H and O–H groups in total. The summed E-state index contributed by atoms with van der Waals surface area (Å²) in [7, 11) is 1.76. The zero-order valence-corrected chi connectivity index (χ0v) is 11.4. The zero-order chi connectivity index (χ0) is 12.9. The van der Waals surface area contributed by atoms with E-state index in [0.29, 0.717) is 13.2 Å². The van der Waals surface area contributed by atoms with Crippen LogP contribution in [0.1, 0.15) is 34.6 Å². The average molecular weight is 230 g/mol. The Kier molecular flexibility index (Phi) is 5.97. The van der Waals surface area contributed by atoms with E-state index in [-0.39, 0.29) is 17.4 Å². The van der Waals surface area contributed by atoms with E-state index in [1.807, 2.05) is 34.6 Å². The number of hydrogen-bond donors (Lipinski definition) is 1. The van der Waals surface area contributed by atoms with Crippen LogP contribution in [0.25, 0.3) is 0 Å². The number of nitrogens with two attached hydrogens (primary N) is 1. The molecule has 0 unspecified atom stereocenters. The fraction of sp³-hybridized carbons (Fsp3) is 0.917. The highest BCUT2D eigenvalue weighted by Crippen LogP contribution is 2.18. The van der Waals surface area contributed by atoms with Gasteiger partial charge in [0, 0.05) is 13.6 Å². The van der Waals surface area contributed by atoms with Gasteiger partial charge in [0.15, 0.2) is 0 Å². The van der Waals surface area contributed by atoms with Gasteiger partial charge in [-0.15, -0.1) is 0 Å². The van der Waals surface area contributed by atoms with E-state index in [1.165, 1.54) is 0 Å². The van der Waals surface area contributed by atoms with Crippen LogP contribution in [-0.2, 0) is 9.53 Å². The summed E-state index contributed by atoms with van der Waals surface area (Å²) in [5.74, 6) is -0.0279. The van der Waals surface area contributed by atoms with Gasteiger partial charge in [-0.05, 0) is 19.3 Å². The number of carbonyl (C=O) groups excluding carboxylic acids is 1. The summed E-state index contributed by atoms with van der Waals surface area (Å²) >= 11 is 0. The topological polar surface area (TPSA) is 55.6 Å². The summed E-state index contributed by atoms with van der Waals surface area (Å²) in [6, 6.07) is -0.462. The Morgan fingerprint density at radius 2 is 1.88 bits per heavy atom. The molecule has 0 heterocycles. The third-order valence-corrected chi connectivity index (χ3v) is 2.45. The van der Waals surface area contributed by atoms with E-state index in [0.717, 1.165) is 0 Å². The molecule has 0 aromatic carbocycles. The zero-order valence-electron chi connectivity index (χ0n) is 11.4. The highest BCUT2D eigenvalue weighted by molar-refractivity contribution is 5.82. The lowest BCUT2D eigenvalue weighted by Crippen LogP contribution is -2.49. The van der Waals surface area contributed by atoms with Crippen LogP contribution in [0.3, 0.4) is 0 Å². The Hall–Kier alpha value is -0.610. The average Bonchev–Trinajstić information content (AvgIpc) is 2.13. The lowest BCUT2D eigenvalue weighted by Gasteiger charge is -2.30. The van der Waals surface area contributed by atoms with Crippen molar-refractivity contribution in [3.8, 4) is 0 Å². The molecule has 16 heavy (non-hydrogen) atoms. The molecule has 0 aliphatic heterocycles. The normalized spacial score (nSPS) is 14.0. The van der Waals surface area contributed by atoms with Gasteiger partial charge < -0.3 is 15.4 Å². The molecule has 0 aliphatic carbocycles. The monoisotopic (exact) mass is 230 g/mol. The second-order valence-electron chi connectivity index (χ2n) is 5.52. The van der Waals surface area contributed by atoms with Gasteiger partial charge >= 0.3 is 0 Å². The van der Waals surface area contributed by atoms with Crippen molar-refractivity contribution in [3.05, 3.63) is 0 Å². The molecule has 0 aromatic rings. The number of nitrogens with zero attached hydrogens (tertiary/aromatic N) is 1. The molecule has 96 valence electrons. The SMILES string of the molecule is CC(C)OCCN(C)C(=O)[C@H](N)C(C)(C)C. The molecular weight excluding hydrogens is 204 g/mol. The number of carbonyl (C=O) groups is 1. The molecule has 0 spiro atoms. The molecule has 1 atom stereocenters. The van der Waals surface area contributed by atoms with Crippen molar-refractivity contribution in [1.29, 1.82) is 0 Å². The van der Waals surface area contributed by atoms with Gasteiger partial charge in [0.05, 0.1) is 18.8 Å². The number of likely N-dealkylation sites (N-methyl/N-ethyl adjacent to an activating group) is 1. The van der Waals surface area contributed by atoms with E-state index in [4.69, 9.17) is 10.5 Å². The summed E-state index contributed by atoms with van der Waals surface area (Å²) in [4.78, 5) is 13.5. The number of hydrogen-bond acceptors (Lipinski definition) is 3. The second kappa shape index (κ2) is 6.21. The van der Waals surface area contributed by atoms with Gasteiger partial charge in [0.1, 0.15) is 0 Å². The van der Waals surface area contributed by atoms with Gasteiger partial charge in [-0.25, -0.2) is 0 Å². The molecule has 0 rings (SSSR count). The van der Waals surface area contributed by atoms with Crippen LogP contribution < -0.4 is 5.73 Å². The Labute approximate surface area is 99.1 Å². The number of ether oxygens (including phenoxy) is 1. The van der Waals surface area contributed by atoms with E-state index in [9.17, 15) is 4.79 Å². The molecular formula is C12H26N2O2. The van der Waals surface area contributed by atoms with Crippen molar-refractivity contribution in [2.75, 3.05) is 20.2 Å². The minimum atomic E-state index is -0.462. The van der Waals surface area contributed by atoms with Crippen LogP contribution in [0.4, 0.5) is 0 Å². The highest BCUT2D eigenvalue weighted by Gasteiger charge is 2.29. The quantitative estimate of drug-likeness (QED) is 0.773. The Morgan fingerprint density at radius 1 is 1.38 bits per heavy atom. The Balaban J connectivity index is 4.09. The third-order valence-electron chi connectivity index (χ3n) is 2.45. The molecule has 0 saturated carbocycles. The maximum Gasteiger partial charge on any atom is 0.239 e. The molecule has 0 saturated heterocycles. The molecule has 0 aliphatic rings. The van der Waals surface area contributed by atoms with Gasteiger partial charge in [-0.1, -0.05) is 20.8 Å². The first-order chi connectivity index (χ1) is 7.16. The van der Waals surface area contributed by atoms with E-state index >= 15 is 0 Å². The Morgan fingerprint density at radius 3 is 2.25 bits per heavy atom. The van der Waals surface area contributed by atoms with Gasteiger partial charge in [0.25, 0.3) is 0 Å². The van der Waals surface area contributed by atoms with Crippen LogP contribution in [0.2, 0.25) is 0 Å². The molecule has 0 aromatic heterocycles. The van der Waals surface area contributed by atoms with Crippen molar-refractivity contribution in [2.45, 2.75) is 46.8 Å². The van der Waals surface area contributed by atoms with Crippen molar-refractivity contribution in [2.24, 2.45) is 11.1 Å². The second-order valence-corrected chi connectivity index (χ2v) is 5.52. The fourth-order valence-electron chi connectivity index (χ4n) is 1.14. The first kappa shape index (κ1) is 15.4. The number of amides is 1. The molecule has 4 heteroatoms. The molecule has 0 radical (unpaired) electrons. The van der Waals surface area contributed by atoms with Crippen LogP contribution in [0, 0.1) is 5.41 Å². The molecule has 4 nitrogen and oxygen atoms in total. The lowest BCUT2D eigenvalue weighted by molar-refractivity contribution is -0.134. The Bertz CT molecular complexity index is 222. The summed E-state index contributed by atoms with van der Waals surface area (Å²) in [6.45, 7) is 11.0. The predicted molar refractivity (Wildman–Crippen MR) is 66.2 cm³/mol. The van der Waals surface area contributed by atoms with Crippen LogP contribution in [-0.4, -0.2) is 43.2 Å². The van der Waals surface area contributed by atoms with E-state index < -0.39 is 6.04 Å². The van der Waals surface area contributed by atoms with Crippen molar-refractivity contribution >= 4 is 5.91 Å². The molecule has 0 fully saturated rings. The first-order valence-corrected chi connectivity index (χ1v) is 5.78. The summed E-state index contributed by atoms with van der Waals surface area (Å²) < 4.78 is 5.39. The van der Waals surface area contributed by atoms with Crippen molar-refractivity contribution in [1.82, 2.24) is 4.90 Å². The third kappa shape index (κ3) is 5.47.